The highest BCUT2D eigenvalue weighted by molar-refractivity contribution is 6.03. The second kappa shape index (κ2) is 19.8. The molecule has 0 spiro atoms. The van der Waals surface area contributed by atoms with Gasteiger partial charge in [0.15, 0.2) is 0 Å². The number of ketones is 1. The number of nitrogens with one attached hydrogen (secondary N) is 1. The first-order valence-electron chi connectivity index (χ1n) is 22.2. The third-order valence-electron chi connectivity index (χ3n) is 12.3. The largest absolute Gasteiger partial charge is 0.490 e. The smallest absolute Gasteiger partial charge is 0.454 e. The van der Waals surface area contributed by atoms with Gasteiger partial charge >= 0.3 is 18.3 Å². The fraction of sp³-hybridized carbons (Fsp3) is 0.569. The Morgan fingerprint density at radius 1 is 0.587 bits per heavy atom. The maximum Gasteiger partial charge on any atom is 0.454 e. The molecule has 12 heteroatoms. The molecule has 2 aliphatic carbocycles. The van der Waals surface area contributed by atoms with Gasteiger partial charge in [-0.15, -0.1) is 0 Å². The summed E-state index contributed by atoms with van der Waals surface area (Å²) in [6, 6.07) is 17.7. The number of hydrogen-bond acceptors (Lipinski definition) is 6. The fourth-order valence-electron chi connectivity index (χ4n) is 8.71. The third-order valence-corrected chi connectivity index (χ3v) is 12.3. The minimum absolute atomic E-state index is 0.105. The van der Waals surface area contributed by atoms with E-state index in [1.807, 2.05) is 24.3 Å². The number of ether oxygens (including phenoxy) is 3. The number of Topliss-reactive ketones (excluding diaryl/α,β-unsaturated/α-hetero) is 1. The van der Waals surface area contributed by atoms with Crippen LogP contribution in [0.1, 0.15) is 142 Å². The Kier molecular flexibility index (Phi) is 15.6. The van der Waals surface area contributed by atoms with E-state index < -0.39 is 35.7 Å². The molecule has 1 N–H and O–H groups in total. The Morgan fingerprint density at radius 3 is 1.44 bits per heavy atom. The molecule has 0 saturated heterocycles. The molecule has 2 saturated carbocycles. The molecule has 0 bridgehead atoms. The molecule has 0 aromatic heterocycles. The lowest BCUT2D eigenvalue weighted by molar-refractivity contribution is -0.161. The summed E-state index contributed by atoms with van der Waals surface area (Å²) in [4.78, 5) is 23.3. The predicted molar refractivity (Wildman–Crippen MR) is 237 cm³/mol. The fourth-order valence-corrected chi connectivity index (χ4v) is 8.71. The normalized spacial score (nSPS) is 20.7. The van der Waals surface area contributed by atoms with Crippen LogP contribution in [0.15, 0.2) is 72.8 Å². The van der Waals surface area contributed by atoms with E-state index in [9.17, 15) is 35.9 Å². The molecule has 2 aliphatic rings. The molecule has 0 amide bonds. The molecule has 6 nitrogen and oxygen atoms in total. The molecule has 2 fully saturated rings. The van der Waals surface area contributed by atoms with Crippen molar-refractivity contribution >= 4 is 33.3 Å². The van der Waals surface area contributed by atoms with Gasteiger partial charge in [0.05, 0.1) is 18.6 Å². The third kappa shape index (κ3) is 14.6. The van der Waals surface area contributed by atoms with Gasteiger partial charge in [0.2, 0.25) is 0 Å². The van der Waals surface area contributed by atoms with Crippen molar-refractivity contribution < 1.29 is 50.1 Å². The number of carbonyl (C=O) groups is 2. The van der Waals surface area contributed by atoms with Crippen LogP contribution >= 0.6 is 0 Å². The van der Waals surface area contributed by atoms with Crippen LogP contribution < -0.4 is 14.8 Å². The monoisotopic (exact) mass is 885 g/mol. The highest BCUT2D eigenvalue weighted by Crippen LogP contribution is 2.41. The minimum atomic E-state index is -4.86. The molecule has 0 heterocycles. The highest BCUT2D eigenvalue weighted by atomic mass is 19.4. The summed E-state index contributed by atoms with van der Waals surface area (Å²) in [5.41, 5.74) is -0.283. The standard InChI is InChI=1S/C29H40F3NO3.C22H25F3O2/c1-27(2,3)22-10-13-23(14-11-22)35-24-12-9-19-17-21(8-7-20(19)18-24)26(29(30,31)32)33-16-15-25(34)36-28(4,5)6;1-21(2,3)17-7-10-18(11-8-17)27-19-9-6-14-12-16(5-4-15(14)13-19)20(26)22(23,24)25/h7-9,12,17-18,22-23,26,33H,10-11,13-16H2,1-6H3;4-6,9,12-13,17-18H,7-8,10-11H2,1-3H3. The van der Waals surface area contributed by atoms with Crippen molar-refractivity contribution in [1.29, 1.82) is 0 Å². The van der Waals surface area contributed by atoms with Crippen LogP contribution in [0.4, 0.5) is 26.3 Å². The minimum Gasteiger partial charge on any atom is -0.490 e. The molecule has 63 heavy (non-hydrogen) atoms. The van der Waals surface area contributed by atoms with Crippen molar-refractivity contribution in [3.8, 4) is 11.5 Å². The second-order valence-corrected chi connectivity index (χ2v) is 20.5. The van der Waals surface area contributed by atoms with Gasteiger partial charge in [-0.2, -0.15) is 26.3 Å². The summed E-state index contributed by atoms with van der Waals surface area (Å²) in [5, 5.41) is 5.37. The zero-order valence-electron chi connectivity index (χ0n) is 38.2. The van der Waals surface area contributed by atoms with E-state index in [-0.39, 0.29) is 36.3 Å². The molecular formula is C51H65F6NO5. The van der Waals surface area contributed by atoms with Gasteiger partial charge in [0.1, 0.15) is 23.1 Å². The van der Waals surface area contributed by atoms with Crippen molar-refractivity contribution in [2.75, 3.05) is 6.54 Å². The number of hydrogen-bond donors (Lipinski definition) is 1. The summed E-state index contributed by atoms with van der Waals surface area (Å²) >= 11 is 0. The van der Waals surface area contributed by atoms with Crippen molar-refractivity contribution in [3.63, 3.8) is 0 Å². The Morgan fingerprint density at radius 2 is 1.02 bits per heavy atom. The van der Waals surface area contributed by atoms with Crippen molar-refractivity contribution in [3.05, 3.63) is 83.9 Å². The van der Waals surface area contributed by atoms with Crippen LogP contribution in [-0.2, 0) is 9.53 Å². The summed E-state index contributed by atoms with van der Waals surface area (Å²) in [7, 11) is 0. The van der Waals surface area contributed by atoms with Gasteiger partial charge < -0.3 is 19.5 Å². The van der Waals surface area contributed by atoms with Crippen molar-refractivity contribution in [2.24, 2.45) is 22.7 Å². The first-order chi connectivity index (χ1) is 29.2. The maximum atomic E-state index is 13.8. The molecule has 0 aliphatic heterocycles. The van der Waals surface area contributed by atoms with Crippen LogP contribution in [0.2, 0.25) is 0 Å². The van der Waals surface area contributed by atoms with Gasteiger partial charge in [0, 0.05) is 12.1 Å². The number of carbonyl (C=O) groups excluding carboxylic acids is 2. The Labute approximate surface area is 368 Å². The zero-order valence-corrected chi connectivity index (χ0v) is 38.2. The number of benzene rings is 4. The Bertz CT molecular complexity index is 2160. The highest BCUT2D eigenvalue weighted by Gasteiger charge is 2.41. The van der Waals surface area contributed by atoms with E-state index in [4.69, 9.17) is 14.2 Å². The van der Waals surface area contributed by atoms with Crippen molar-refractivity contribution in [2.45, 2.75) is 156 Å². The van der Waals surface area contributed by atoms with E-state index in [1.165, 1.54) is 24.3 Å². The summed E-state index contributed by atoms with van der Waals surface area (Å²) in [5.74, 6) is 0.522. The van der Waals surface area contributed by atoms with Crippen LogP contribution in [0.25, 0.3) is 21.5 Å². The average molecular weight is 886 g/mol. The molecule has 4 aromatic rings. The van der Waals surface area contributed by atoms with Crippen LogP contribution in [0.5, 0.6) is 11.5 Å². The Hall–Kier alpha value is -4.32. The number of fused-ring (bicyclic) bond motifs is 2. The lowest BCUT2D eigenvalue weighted by Gasteiger charge is -2.37. The number of halogens is 6. The molecular weight excluding hydrogens is 821 g/mol. The van der Waals surface area contributed by atoms with Gasteiger partial charge in [-0.25, -0.2) is 0 Å². The van der Waals surface area contributed by atoms with Gasteiger partial charge in [-0.1, -0.05) is 77.9 Å². The topological polar surface area (TPSA) is 73.9 Å². The molecule has 1 atom stereocenters. The summed E-state index contributed by atoms with van der Waals surface area (Å²) in [6.07, 6.45) is -0.531. The van der Waals surface area contributed by atoms with Crippen LogP contribution in [0.3, 0.4) is 0 Å². The molecule has 1 unspecified atom stereocenters. The first-order valence-corrected chi connectivity index (χ1v) is 22.2. The van der Waals surface area contributed by atoms with E-state index in [1.54, 1.807) is 45.0 Å². The molecule has 6 rings (SSSR count). The van der Waals surface area contributed by atoms with E-state index in [2.05, 4.69) is 46.9 Å². The quantitative estimate of drug-likeness (QED) is 0.0971. The van der Waals surface area contributed by atoms with Gasteiger partial charge in [0.25, 0.3) is 5.78 Å². The maximum absolute atomic E-state index is 13.8. The molecule has 0 radical (unpaired) electrons. The number of esters is 1. The lowest BCUT2D eigenvalue weighted by atomic mass is 9.72. The zero-order chi connectivity index (χ0) is 46.5. The number of alkyl halides is 6. The predicted octanol–water partition coefficient (Wildman–Crippen LogP) is 14.3. The molecule has 346 valence electrons. The second-order valence-electron chi connectivity index (χ2n) is 20.5. The van der Waals surface area contributed by atoms with E-state index in [0.29, 0.717) is 33.4 Å². The van der Waals surface area contributed by atoms with Crippen molar-refractivity contribution in [1.82, 2.24) is 5.32 Å². The van der Waals surface area contributed by atoms with Crippen LogP contribution in [-0.4, -0.2) is 48.5 Å². The Balaban J connectivity index is 0.000000247. The van der Waals surface area contributed by atoms with Crippen LogP contribution in [0, 0.1) is 22.7 Å². The lowest BCUT2D eigenvalue weighted by Crippen LogP contribution is -2.36. The van der Waals surface area contributed by atoms with Gasteiger partial charge in [-0.05, 0) is 158 Å². The van der Waals surface area contributed by atoms with E-state index >= 15 is 0 Å². The molecule has 4 aromatic carbocycles. The SMILES string of the molecule is CC(C)(C)C1CCC(Oc2ccc3cc(C(=O)C(F)(F)F)ccc3c2)CC1.CC(C)(C)OC(=O)CCNC(c1ccc2cc(OC3CCC(C(C)(C)C)CC3)ccc2c1)C(F)(F)F. The number of rotatable bonds is 10. The summed E-state index contributed by atoms with van der Waals surface area (Å²) < 4.78 is 96.8. The first kappa shape index (κ1) is 49.7. The van der Waals surface area contributed by atoms with Gasteiger partial charge in [-0.3, -0.25) is 9.59 Å². The summed E-state index contributed by atoms with van der Waals surface area (Å²) in [6.45, 7) is 18.7. The van der Waals surface area contributed by atoms with E-state index in [0.717, 1.165) is 73.6 Å². The average Bonchev–Trinajstić information content (AvgIpc) is 3.17.